The Morgan fingerprint density at radius 1 is 1.25 bits per heavy atom. The molecule has 1 aromatic carbocycles. The number of halogens is 1. The molecule has 6 heteroatoms. The third kappa shape index (κ3) is 3.02. The topological polar surface area (TPSA) is 28.1 Å². The van der Waals surface area contributed by atoms with Gasteiger partial charge in [0.05, 0.1) is 18.9 Å². The molecule has 0 amide bonds. The SMILES string of the molecule is S=C(N1CCOCC1)N1CCC(c2cccc(Br)c2)=N1. The minimum absolute atomic E-state index is 0.746. The van der Waals surface area contributed by atoms with Crippen molar-refractivity contribution >= 4 is 39.0 Å². The Morgan fingerprint density at radius 2 is 2.05 bits per heavy atom. The van der Waals surface area contributed by atoms with E-state index in [1.54, 1.807) is 0 Å². The number of benzene rings is 1. The lowest BCUT2D eigenvalue weighted by molar-refractivity contribution is 0.0642. The first-order valence-electron chi connectivity index (χ1n) is 6.71. The van der Waals surface area contributed by atoms with Gasteiger partial charge in [-0.2, -0.15) is 5.10 Å². The van der Waals surface area contributed by atoms with Gasteiger partial charge in [-0.25, -0.2) is 5.01 Å². The van der Waals surface area contributed by atoms with Gasteiger partial charge in [0.1, 0.15) is 0 Å². The van der Waals surface area contributed by atoms with E-state index in [0.717, 1.165) is 60.1 Å². The number of rotatable bonds is 1. The molecule has 0 atom stereocenters. The number of ether oxygens (including phenoxy) is 1. The van der Waals surface area contributed by atoms with Crippen molar-refractivity contribution in [3.8, 4) is 0 Å². The summed E-state index contributed by atoms with van der Waals surface area (Å²) in [5.74, 6) is 0. The van der Waals surface area contributed by atoms with Gasteiger partial charge in [-0.3, -0.25) is 0 Å². The standard InChI is InChI=1S/C14H16BrN3OS/c15-12-3-1-2-11(10-12)13-4-5-18(16-13)14(20)17-6-8-19-9-7-17/h1-3,10H,4-9H2. The number of hydrogen-bond donors (Lipinski definition) is 0. The van der Waals surface area contributed by atoms with Crippen LogP contribution in [-0.2, 0) is 4.74 Å². The lowest BCUT2D eigenvalue weighted by Crippen LogP contribution is -2.45. The summed E-state index contributed by atoms with van der Waals surface area (Å²) >= 11 is 9.04. The normalized spacial score (nSPS) is 19.1. The molecule has 2 heterocycles. The Morgan fingerprint density at radius 3 is 2.80 bits per heavy atom. The fourth-order valence-corrected chi connectivity index (χ4v) is 3.10. The largest absolute Gasteiger partial charge is 0.378 e. The Labute approximate surface area is 132 Å². The highest BCUT2D eigenvalue weighted by Gasteiger charge is 2.24. The van der Waals surface area contributed by atoms with Crippen molar-refractivity contribution in [3.05, 3.63) is 34.3 Å². The molecule has 3 rings (SSSR count). The van der Waals surface area contributed by atoms with Gasteiger partial charge in [0.15, 0.2) is 5.11 Å². The molecule has 1 fully saturated rings. The highest BCUT2D eigenvalue weighted by Crippen LogP contribution is 2.19. The zero-order valence-corrected chi connectivity index (χ0v) is 13.5. The fraction of sp³-hybridized carbons (Fsp3) is 0.429. The maximum Gasteiger partial charge on any atom is 0.192 e. The minimum atomic E-state index is 0.746. The van der Waals surface area contributed by atoms with Crippen LogP contribution in [0.5, 0.6) is 0 Å². The summed E-state index contributed by atoms with van der Waals surface area (Å²) in [6.45, 7) is 4.07. The number of nitrogens with zero attached hydrogens (tertiary/aromatic N) is 3. The minimum Gasteiger partial charge on any atom is -0.378 e. The van der Waals surface area contributed by atoms with E-state index < -0.39 is 0 Å². The average molecular weight is 354 g/mol. The van der Waals surface area contributed by atoms with Crippen LogP contribution < -0.4 is 0 Å². The molecule has 20 heavy (non-hydrogen) atoms. The van der Waals surface area contributed by atoms with Crippen LogP contribution in [0.4, 0.5) is 0 Å². The van der Waals surface area contributed by atoms with Gasteiger partial charge in [-0.1, -0.05) is 28.1 Å². The molecule has 4 nitrogen and oxygen atoms in total. The molecule has 1 aromatic rings. The highest BCUT2D eigenvalue weighted by molar-refractivity contribution is 9.10. The predicted molar refractivity (Wildman–Crippen MR) is 87.0 cm³/mol. The number of thiocarbonyl (C=S) groups is 1. The second-order valence-corrected chi connectivity index (χ2v) is 6.09. The molecule has 106 valence electrons. The quantitative estimate of drug-likeness (QED) is 0.725. The number of hydrazone groups is 1. The molecule has 0 unspecified atom stereocenters. The van der Waals surface area contributed by atoms with Crippen LogP contribution in [-0.4, -0.2) is 53.6 Å². The third-order valence-electron chi connectivity index (χ3n) is 3.46. The summed E-state index contributed by atoms with van der Waals surface area (Å²) in [6.07, 6.45) is 0.931. The summed E-state index contributed by atoms with van der Waals surface area (Å²) in [5.41, 5.74) is 2.26. The average Bonchev–Trinajstić information content (AvgIpc) is 2.97. The molecule has 0 aromatic heterocycles. The van der Waals surface area contributed by atoms with E-state index in [9.17, 15) is 0 Å². The van der Waals surface area contributed by atoms with Gasteiger partial charge < -0.3 is 9.64 Å². The van der Waals surface area contributed by atoms with Crippen molar-refractivity contribution < 1.29 is 4.74 Å². The van der Waals surface area contributed by atoms with Gasteiger partial charge in [0.2, 0.25) is 0 Å². The van der Waals surface area contributed by atoms with Crippen LogP contribution in [0.3, 0.4) is 0 Å². The van der Waals surface area contributed by atoms with Gasteiger partial charge in [-0.05, 0) is 29.9 Å². The van der Waals surface area contributed by atoms with Crippen molar-refractivity contribution in [1.29, 1.82) is 0 Å². The van der Waals surface area contributed by atoms with Crippen LogP contribution in [0.15, 0.2) is 33.8 Å². The molecule has 0 N–H and O–H groups in total. The molecule has 0 saturated carbocycles. The van der Waals surface area contributed by atoms with E-state index in [4.69, 9.17) is 17.0 Å². The first-order valence-corrected chi connectivity index (χ1v) is 7.92. The van der Waals surface area contributed by atoms with Gasteiger partial charge >= 0.3 is 0 Å². The van der Waals surface area contributed by atoms with E-state index in [-0.39, 0.29) is 0 Å². The Kier molecular flexibility index (Phi) is 4.33. The van der Waals surface area contributed by atoms with E-state index in [0.29, 0.717) is 0 Å². The molecule has 0 bridgehead atoms. The fourth-order valence-electron chi connectivity index (χ4n) is 2.38. The lowest BCUT2D eigenvalue weighted by atomic mass is 10.1. The van der Waals surface area contributed by atoms with Crippen molar-refractivity contribution in [3.63, 3.8) is 0 Å². The third-order valence-corrected chi connectivity index (χ3v) is 4.42. The lowest BCUT2D eigenvalue weighted by Gasteiger charge is -2.31. The van der Waals surface area contributed by atoms with Gasteiger partial charge in [0, 0.05) is 30.5 Å². The first kappa shape index (κ1) is 14.0. The van der Waals surface area contributed by atoms with Gasteiger partial charge in [0.25, 0.3) is 0 Å². The van der Waals surface area contributed by atoms with Crippen molar-refractivity contribution in [2.24, 2.45) is 5.10 Å². The van der Waals surface area contributed by atoms with Crippen LogP contribution in [0.1, 0.15) is 12.0 Å². The number of morpholine rings is 1. The monoisotopic (exact) mass is 353 g/mol. The van der Waals surface area contributed by atoms with E-state index in [1.165, 1.54) is 0 Å². The Hall–Kier alpha value is -0.980. The summed E-state index contributed by atoms with van der Waals surface area (Å²) in [7, 11) is 0. The zero-order valence-electron chi connectivity index (χ0n) is 11.1. The summed E-state index contributed by atoms with van der Waals surface area (Å²) in [4.78, 5) is 2.17. The first-order chi connectivity index (χ1) is 9.74. The van der Waals surface area contributed by atoms with Crippen molar-refractivity contribution in [2.45, 2.75) is 6.42 Å². The zero-order chi connectivity index (χ0) is 13.9. The van der Waals surface area contributed by atoms with E-state index in [2.05, 4.69) is 38.1 Å². The van der Waals surface area contributed by atoms with Crippen LogP contribution >= 0.6 is 28.1 Å². The van der Waals surface area contributed by atoms with E-state index in [1.807, 2.05) is 17.1 Å². The molecule has 0 radical (unpaired) electrons. The van der Waals surface area contributed by atoms with E-state index >= 15 is 0 Å². The highest BCUT2D eigenvalue weighted by atomic mass is 79.9. The molecule has 2 aliphatic rings. The predicted octanol–water partition coefficient (Wildman–Crippen LogP) is 2.48. The Bertz CT molecular complexity index is 543. The molecule has 1 saturated heterocycles. The molecular formula is C14H16BrN3OS. The van der Waals surface area contributed by atoms with Gasteiger partial charge in [-0.15, -0.1) is 0 Å². The van der Waals surface area contributed by atoms with Crippen LogP contribution in [0, 0.1) is 0 Å². The second-order valence-electron chi connectivity index (χ2n) is 4.81. The molecule has 0 spiro atoms. The maximum atomic E-state index is 5.54. The maximum absolute atomic E-state index is 5.54. The smallest absolute Gasteiger partial charge is 0.192 e. The van der Waals surface area contributed by atoms with Crippen LogP contribution in [0.2, 0.25) is 0 Å². The molecule has 2 aliphatic heterocycles. The summed E-state index contributed by atoms with van der Waals surface area (Å²) in [6, 6.07) is 8.24. The second kappa shape index (κ2) is 6.20. The summed E-state index contributed by atoms with van der Waals surface area (Å²) in [5, 5.41) is 7.44. The molecular weight excluding hydrogens is 338 g/mol. The molecule has 0 aliphatic carbocycles. The van der Waals surface area contributed by atoms with Crippen molar-refractivity contribution in [1.82, 2.24) is 9.91 Å². The van der Waals surface area contributed by atoms with Crippen LogP contribution in [0.25, 0.3) is 0 Å². The van der Waals surface area contributed by atoms with Crippen molar-refractivity contribution in [2.75, 3.05) is 32.8 Å². The number of hydrogen-bond acceptors (Lipinski definition) is 3. The summed E-state index contributed by atoms with van der Waals surface area (Å²) < 4.78 is 6.43. The Balaban J connectivity index is 1.72.